The van der Waals surface area contributed by atoms with Gasteiger partial charge in [-0.2, -0.15) is 5.26 Å². The molecule has 18 heavy (non-hydrogen) atoms. The molecule has 0 bridgehead atoms. The van der Waals surface area contributed by atoms with Crippen molar-refractivity contribution in [3.8, 4) is 6.07 Å². The van der Waals surface area contributed by atoms with Crippen LogP contribution < -0.4 is 0 Å². The summed E-state index contributed by atoms with van der Waals surface area (Å²) in [6.07, 6.45) is 1.69. The van der Waals surface area contributed by atoms with Gasteiger partial charge >= 0.3 is 0 Å². The molecule has 3 atom stereocenters. The first kappa shape index (κ1) is 13.1. The Labute approximate surface area is 110 Å². The van der Waals surface area contributed by atoms with Crippen LogP contribution >= 0.6 is 0 Å². The smallest absolute Gasteiger partial charge is 0.0631 e. The Hall–Kier alpha value is -1.33. The van der Waals surface area contributed by atoms with Crippen LogP contribution in [0.1, 0.15) is 32.3 Å². The lowest BCUT2D eigenvalue weighted by molar-refractivity contribution is 0.0770. The highest BCUT2D eigenvalue weighted by Gasteiger charge is 2.43. The van der Waals surface area contributed by atoms with Crippen LogP contribution in [0.15, 0.2) is 30.3 Å². The normalized spacial score (nSPS) is 33.0. The fourth-order valence-electron chi connectivity index (χ4n) is 3.33. The molecule has 2 heteroatoms. The molecular weight excluding hydrogens is 220 g/mol. The first-order valence-corrected chi connectivity index (χ1v) is 6.73. The number of hydrogen-bond acceptors (Lipinski definition) is 2. The first-order valence-electron chi connectivity index (χ1n) is 6.73. The van der Waals surface area contributed by atoms with Crippen molar-refractivity contribution in [1.82, 2.24) is 4.90 Å². The summed E-state index contributed by atoms with van der Waals surface area (Å²) in [5, 5.41) is 9.25. The molecule has 0 aromatic heterocycles. The molecule has 0 amide bonds. The number of benzene rings is 1. The predicted octanol–water partition coefficient (Wildman–Crippen LogP) is 3.20. The summed E-state index contributed by atoms with van der Waals surface area (Å²) < 4.78 is 0. The quantitative estimate of drug-likeness (QED) is 0.796. The minimum atomic E-state index is 0.0297. The number of hydrogen-bond donors (Lipinski definition) is 0. The van der Waals surface area contributed by atoms with E-state index in [9.17, 15) is 5.26 Å². The first-order chi connectivity index (χ1) is 8.60. The molecule has 96 valence electrons. The van der Waals surface area contributed by atoms with E-state index in [0.717, 1.165) is 13.0 Å². The Morgan fingerprint density at radius 1 is 1.33 bits per heavy atom. The molecular formula is C16H22N2. The Bertz CT molecular complexity index is 434. The largest absolute Gasteiger partial charge is 0.303 e. The van der Waals surface area contributed by atoms with Gasteiger partial charge in [0.1, 0.15) is 0 Å². The summed E-state index contributed by atoms with van der Waals surface area (Å²) in [7, 11) is 2.18. The predicted molar refractivity (Wildman–Crippen MR) is 74.2 cm³/mol. The molecule has 1 aliphatic heterocycles. The number of piperidine rings is 1. The Balaban J connectivity index is 2.41. The Morgan fingerprint density at radius 3 is 2.61 bits per heavy atom. The van der Waals surface area contributed by atoms with Gasteiger partial charge in [-0.1, -0.05) is 37.3 Å². The van der Waals surface area contributed by atoms with E-state index in [1.54, 1.807) is 0 Å². The number of rotatable bonds is 2. The van der Waals surface area contributed by atoms with E-state index in [1.165, 1.54) is 5.56 Å². The molecule has 2 rings (SSSR count). The highest BCUT2D eigenvalue weighted by Crippen LogP contribution is 2.44. The summed E-state index contributed by atoms with van der Waals surface area (Å²) >= 11 is 0. The van der Waals surface area contributed by atoms with E-state index in [2.05, 4.69) is 56.1 Å². The average Bonchev–Trinajstić information content (AvgIpc) is 2.37. The van der Waals surface area contributed by atoms with Crippen molar-refractivity contribution in [2.75, 3.05) is 13.6 Å². The van der Waals surface area contributed by atoms with Gasteiger partial charge in [0, 0.05) is 24.4 Å². The van der Waals surface area contributed by atoms with Gasteiger partial charge in [0.2, 0.25) is 0 Å². The molecule has 1 aliphatic rings. The van der Waals surface area contributed by atoms with Gasteiger partial charge in [0.15, 0.2) is 0 Å². The minimum Gasteiger partial charge on any atom is -0.303 e. The number of nitriles is 1. The van der Waals surface area contributed by atoms with Crippen molar-refractivity contribution in [2.24, 2.45) is 5.92 Å². The lowest BCUT2D eigenvalue weighted by atomic mass is 9.63. The average molecular weight is 242 g/mol. The van der Waals surface area contributed by atoms with E-state index >= 15 is 0 Å². The van der Waals surface area contributed by atoms with Crippen LogP contribution in [0.4, 0.5) is 0 Å². The second-order valence-electron chi connectivity index (χ2n) is 5.75. The standard InChI is InChI=1S/C16H22N2/c1-13-12-18(3)14(2)11-16(13,9-10-17)15-7-5-4-6-8-15/h4-8,13-14H,9,11-12H2,1-3H3/t13-,14+,16+/m1/s1. The number of nitrogens with zero attached hydrogens (tertiary/aromatic N) is 2. The molecule has 1 saturated heterocycles. The Kier molecular flexibility index (Phi) is 3.73. The summed E-state index contributed by atoms with van der Waals surface area (Å²) in [5.74, 6) is 0.515. The van der Waals surface area contributed by atoms with Crippen molar-refractivity contribution in [2.45, 2.75) is 38.1 Å². The van der Waals surface area contributed by atoms with Crippen molar-refractivity contribution in [3.63, 3.8) is 0 Å². The summed E-state index contributed by atoms with van der Waals surface area (Å²) in [6, 6.07) is 13.6. The maximum absolute atomic E-state index is 9.25. The van der Waals surface area contributed by atoms with Gasteiger partial charge in [-0.25, -0.2) is 0 Å². The van der Waals surface area contributed by atoms with Gasteiger partial charge in [-0.05, 0) is 31.9 Å². The topological polar surface area (TPSA) is 27.0 Å². The van der Waals surface area contributed by atoms with Gasteiger partial charge < -0.3 is 4.90 Å². The van der Waals surface area contributed by atoms with Crippen molar-refractivity contribution in [1.29, 1.82) is 5.26 Å². The van der Waals surface area contributed by atoms with E-state index < -0.39 is 0 Å². The zero-order valence-corrected chi connectivity index (χ0v) is 11.6. The molecule has 0 radical (unpaired) electrons. The van der Waals surface area contributed by atoms with Gasteiger partial charge in [-0.3, -0.25) is 0 Å². The highest BCUT2D eigenvalue weighted by molar-refractivity contribution is 5.29. The molecule has 0 unspecified atom stereocenters. The minimum absolute atomic E-state index is 0.0297. The molecule has 1 aromatic rings. The molecule has 0 aliphatic carbocycles. The maximum atomic E-state index is 9.25. The maximum Gasteiger partial charge on any atom is 0.0631 e. The summed E-state index contributed by atoms with van der Waals surface area (Å²) in [5.41, 5.74) is 1.36. The van der Waals surface area contributed by atoms with E-state index in [0.29, 0.717) is 18.4 Å². The fraction of sp³-hybridized carbons (Fsp3) is 0.562. The van der Waals surface area contributed by atoms with Crippen molar-refractivity contribution < 1.29 is 0 Å². The summed E-state index contributed by atoms with van der Waals surface area (Å²) in [4.78, 5) is 2.41. The molecule has 0 saturated carbocycles. The van der Waals surface area contributed by atoms with Crippen LogP contribution in [0.2, 0.25) is 0 Å². The van der Waals surface area contributed by atoms with Crippen LogP contribution in [0.3, 0.4) is 0 Å². The van der Waals surface area contributed by atoms with E-state index in [4.69, 9.17) is 0 Å². The van der Waals surface area contributed by atoms with Crippen LogP contribution in [0.25, 0.3) is 0 Å². The van der Waals surface area contributed by atoms with E-state index in [1.807, 2.05) is 6.07 Å². The molecule has 1 aromatic carbocycles. The lowest BCUT2D eigenvalue weighted by Crippen LogP contribution is -2.51. The second-order valence-corrected chi connectivity index (χ2v) is 5.75. The summed E-state index contributed by atoms with van der Waals surface area (Å²) in [6.45, 7) is 5.62. The van der Waals surface area contributed by atoms with Crippen molar-refractivity contribution >= 4 is 0 Å². The third-order valence-electron chi connectivity index (χ3n) is 4.66. The zero-order chi connectivity index (χ0) is 13.2. The number of likely N-dealkylation sites (tertiary alicyclic amines) is 1. The molecule has 2 nitrogen and oxygen atoms in total. The highest BCUT2D eigenvalue weighted by atomic mass is 15.1. The zero-order valence-electron chi connectivity index (χ0n) is 11.6. The molecule has 0 N–H and O–H groups in total. The van der Waals surface area contributed by atoms with Gasteiger partial charge in [0.05, 0.1) is 6.07 Å². The molecule has 0 spiro atoms. The molecule has 1 fully saturated rings. The fourth-order valence-corrected chi connectivity index (χ4v) is 3.33. The lowest BCUT2D eigenvalue weighted by Gasteiger charge is -2.48. The van der Waals surface area contributed by atoms with Crippen LogP contribution in [-0.4, -0.2) is 24.5 Å². The van der Waals surface area contributed by atoms with Crippen LogP contribution in [-0.2, 0) is 5.41 Å². The van der Waals surface area contributed by atoms with Crippen LogP contribution in [0, 0.1) is 17.2 Å². The SMILES string of the molecule is C[C@@H]1CN(C)[C@@H](C)C[C@]1(CC#N)c1ccccc1. The monoisotopic (exact) mass is 242 g/mol. The van der Waals surface area contributed by atoms with Crippen LogP contribution in [0.5, 0.6) is 0 Å². The van der Waals surface area contributed by atoms with E-state index in [-0.39, 0.29) is 5.41 Å². The van der Waals surface area contributed by atoms with Gasteiger partial charge in [-0.15, -0.1) is 0 Å². The second kappa shape index (κ2) is 5.12. The van der Waals surface area contributed by atoms with Gasteiger partial charge in [0.25, 0.3) is 0 Å². The molecule has 1 heterocycles. The third-order valence-corrected chi connectivity index (χ3v) is 4.66. The Morgan fingerprint density at radius 2 is 2.00 bits per heavy atom. The third kappa shape index (κ3) is 2.15. The van der Waals surface area contributed by atoms with Crippen molar-refractivity contribution in [3.05, 3.63) is 35.9 Å².